The van der Waals surface area contributed by atoms with Gasteiger partial charge in [-0.1, -0.05) is 0 Å². The second-order valence-electron chi connectivity index (χ2n) is 7.96. The molecular formula is C20H26N4O2. The molecule has 1 saturated carbocycles. The van der Waals surface area contributed by atoms with Gasteiger partial charge in [-0.05, 0) is 57.1 Å². The summed E-state index contributed by atoms with van der Waals surface area (Å²) in [6.07, 6.45) is 7.69. The topological polar surface area (TPSA) is 61.0 Å². The number of hydrogen-bond acceptors (Lipinski definition) is 4. The highest BCUT2D eigenvalue weighted by atomic mass is 16.3. The van der Waals surface area contributed by atoms with E-state index in [1.54, 1.807) is 12.3 Å². The molecule has 1 N–H and O–H groups in total. The molecular weight excluding hydrogens is 328 g/mol. The zero-order valence-corrected chi connectivity index (χ0v) is 15.1. The predicted octanol–water partition coefficient (Wildman–Crippen LogP) is 2.75. The smallest absolute Gasteiger partial charge is 0.229 e. The molecule has 1 aliphatic carbocycles. The predicted molar refractivity (Wildman–Crippen MR) is 99.0 cm³/mol. The van der Waals surface area contributed by atoms with Crippen LogP contribution in [-0.2, 0) is 4.79 Å². The van der Waals surface area contributed by atoms with Crippen molar-refractivity contribution in [3.05, 3.63) is 29.7 Å². The minimum absolute atomic E-state index is 0.181. The van der Waals surface area contributed by atoms with Gasteiger partial charge in [-0.2, -0.15) is 0 Å². The van der Waals surface area contributed by atoms with Crippen LogP contribution in [0.1, 0.15) is 44.9 Å². The highest BCUT2D eigenvalue weighted by Gasteiger charge is 2.50. The zero-order valence-electron chi connectivity index (χ0n) is 15.1. The van der Waals surface area contributed by atoms with Gasteiger partial charge in [-0.15, -0.1) is 0 Å². The van der Waals surface area contributed by atoms with Gasteiger partial charge in [0.25, 0.3) is 0 Å². The van der Waals surface area contributed by atoms with E-state index in [-0.39, 0.29) is 11.5 Å². The molecule has 1 spiro atoms. The van der Waals surface area contributed by atoms with Gasteiger partial charge in [0.15, 0.2) is 5.69 Å². The molecule has 6 heteroatoms. The Labute approximate surface area is 154 Å². The molecule has 0 atom stereocenters. The van der Waals surface area contributed by atoms with Gasteiger partial charge in [0, 0.05) is 31.9 Å². The van der Waals surface area contributed by atoms with E-state index < -0.39 is 0 Å². The van der Waals surface area contributed by atoms with Crippen molar-refractivity contribution in [2.24, 2.45) is 5.41 Å². The van der Waals surface area contributed by atoms with Crippen LogP contribution >= 0.6 is 0 Å². The number of piperidine rings is 1. The van der Waals surface area contributed by atoms with Crippen molar-refractivity contribution in [3.63, 3.8) is 0 Å². The number of rotatable bonds is 2. The van der Waals surface area contributed by atoms with E-state index in [1.807, 2.05) is 6.07 Å². The average molecular weight is 354 g/mol. The molecule has 1 aromatic rings. The summed E-state index contributed by atoms with van der Waals surface area (Å²) < 4.78 is 0. The third-order valence-electron chi connectivity index (χ3n) is 6.56. The van der Waals surface area contributed by atoms with E-state index in [9.17, 15) is 9.90 Å². The molecule has 26 heavy (non-hydrogen) atoms. The quantitative estimate of drug-likeness (QED) is 0.830. The van der Waals surface area contributed by atoms with E-state index in [1.165, 1.54) is 0 Å². The number of aliphatic hydroxyl groups excluding tert-OH is 1. The van der Waals surface area contributed by atoms with Gasteiger partial charge in [0.05, 0.1) is 18.1 Å². The summed E-state index contributed by atoms with van der Waals surface area (Å²) in [5, 5.41) is 9.72. The normalized spacial score (nSPS) is 28.4. The van der Waals surface area contributed by atoms with E-state index in [0.717, 1.165) is 70.4 Å². The molecule has 0 bridgehead atoms. The summed E-state index contributed by atoms with van der Waals surface area (Å²) in [6.45, 7) is 9.66. The van der Waals surface area contributed by atoms with Crippen LogP contribution in [0.2, 0.25) is 0 Å². The Hall–Kier alpha value is -2.13. The minimum Gasteiger partial charge on any atom is -0.393 e. The van der Waals surface area contributed by atoms with E-state index in [0.29, 0.717) is 17.6 Å². The Kier molecular flexibility index (Phi) is 4.58. The fraction of sp³-hybridized carbons (Fsp3) is 0.650. The summed E-state index contributed by atoms with van der Waals surface area (Å²) >= 11 is 0. The lowest BCUT2D eigenvalue weighted by atomic mass is 9.77. The van der Waals surface area contributed by atoms with Crippen LogP contribution in [0.25, 0.3) is 4.85 Å². The van der Waals surface area contributed by atoms with Crippen molar-refractivity contribution in [2.45, 2.75) is 57.1 Å². The second kappa shape index (κ2) is 6.88. The Morgan fingerprint density at radius 2 is 1.85 bits per heavy atom. The number of nitrogens with zero attached hydrogens (tertiary/aromatic N) is 4. The van der Waals surface area contributed by atoms with Gasteiger partial charge < -0.3 is 14.9 Å². The number of likely N-dealkylation sites (tertiary alicyclic amines) is 1. The fourth-order valence-corrected chi connectivity index (χ4v) is 4.84. The average Bonchev–Trinajstić information content (AvgIpc) is 2.99. The Morgan fingerprint density at radius 1 is 1.15 bits per heavy atom. The Morgan fingerprint density at radius 3 is 2.54 bits per heavy atom. The lowest BCUT2D eigenvalue weighted by Gasteiger charge is -2.40. The van der Waals surface area contributed by atoms with Crippen LogP contribution < -0.4 is 4.90 Å². The SMILES string of the molecule is [C-]#[N+]c1ccnc(N2CCC3(CC2)CCN([C@H]2CC[C@H](O)CC2)C3=O)c1. The van der Waals surface area contributed by atoms with Crippen LogP contribution in [0.4, 0.5) is 11.5 Å². The largest absolute Gasteiger partial charge is 0.393 e. The van der Waals surface area contributed by atoms with E-state index in [4.69, 9.17) is 6.57 Å². The molecule has 0 radical (unpaired) electrons. The first kappa shape index (κ1) is 17.3. The summed E-state index contributed by atoms with van der Waals surface area (Å²) in [5.74, 6) is 1.18. The lowest BCUT2D eigenvalue weighted by Crippen LogP contribution is -2.47. The third-order valence-corrected chi connectivity index (χ3v) is 6.56. The molecule has 0 aromatic carbocycles. The van der Waals surface area contributed by atoms with Gasteiger partial charge >= 0.3 is 0 Å². The molecule has 1 aromatic heterocycles. The van der Waals surface area contributed by atoms with Crippen LogP contribution in [0, 0.1) is 12.0 Å². The van der Waals surface area contributed by atoms with Crippen molar-refractivity contribution in [3.8, 4) is 0 Å². The standard InChI is InChI=1S/C20H26N4O2/c1-21-15-6-10-22-18(14-15)23-11-7-20(8-12-23)9-13-24(19(20)26)16-2-4-17(25)5-3-16/h6,10,14,16-17,25H,2-5,7-9,11-13H2/t16-,17-. The number of aliphatic hydroxyl groups is 1. The maximum absolute atomic E-state index is 13.2. The van der Waals surface area contributed by atoms with Crippen molar-refractivity contribution in [2.75, 3.05) is 24.5 Å². The molecule has 3 aliphatic rings. The fourth-order valence-electron chi connectivity index (χ4n) is 4.84. The van der Waals surface area contributed by atoms with E-state index in [2.05, 4.69) is 19.6 Å². The van der Waals surface area contributed by atoms with Crippen LogP contribution in [0.15, 0.2) is 18.3 Å². The maximum atomic E-state index is 13.2. The molecule has 3 fully saturated rings. The number of anilines is 1. The monoisotopic (exact) mass is 354 g/mol. The highest BCUT2D eigenvalue weighted by Crippen LogP contribution is 2.44. The highest BCUT2D eigenvalue weighted by molar-refractivity contribution is 5.85. The molecule has 2 saturated heterocycles. The van der Waals surface area contributed by atoms with Gasteiger partial charge in [0.2, 0.25) is 5.91 Å². The van der Waals surface area contributed by atoms with Crippen molar-refractivity contribution in [1.82, 2.24) is 9.88 Å². The summed E-state index contributed by atoms with van der Waals surface area (Å²) in [5.41, 5.74) is 0.405. The van der Waals surface area contributed by atoms with Crippen LogP contribution in [0.5, 0.6) is 0 Å². The summed E-state index contributed by atoms with van der Waals surface area (Å²) in [7, 11) is 0. The first-order chi connectivity index (χ1) is 12.6. The molecule has 1 amide bonds. The van der Waals surface area contributed by atoms with Crippen molar-refractivity contribution >= 4 is 17.4 Å². The molecule has 138 valence electrons. The first-order valence-corrected chi connectivity index (χ1v) is 9.69. The van der Waals surface area contributed by atoms with Gasteiger partial charge in [-0.25, -0.2) is 9.83 Å². The summed E-state index contributed by atoms with van der Waals surface area (Å²) in [4.78, 5) is 25.4. The van der Waals surface area contributed by atoms with Crippen LogP contribution in [0.3, 0.4) is 0 Å². The van der Waals surface area contributed by atoms with Crippen molar-refractivity contribution in [1.29, 1.82) is 0 Å². The van der Waals surface area contributed by atoms with E-state index >= 15 is 0 Å². The Bertz CT molecular complexity index is 713. The molecule has 2 aliphatic heterocycles. The number of carbonyl (C=O) groups excluding carboxylic acids is 1. The number of hydrogen-bond donors (Lipinski definition) is 1. The van der Waals surface area contributed by atoms with Crippen LogP contribution in [-0.4, -0.2) is 52.7 Å². The van der Waals surface area contributed by atoms with Crippen molar-refractivity contribution < 1.29 is 9.90 Å². The number of amides is 1. The number of pyridine rings is 1. The minimum atomic E-state index is -0.204. The molecule has 3 heterocycles. The Balaban J connectivity index is 1.41. The first-order valence-electron chi connectivity index (χ1n) is 9.69. The van der Waals surface area contributed by atoms with Gasteiger partial charge in [-0.3, -0.25) is 4.79 Å². The third kappa shape index (κ3) is 3.05. The number of carbonyl (C=O) groups is 1. The molecule has 6 nitrogen and oxygen atoms in total. The summed E-state index contributed by atoms with van der Waals surface area (Å²) in [6, 6.07) is 3.88. The number of aromatic nitrogens is 1. The molecule has 0 unspecified atom stereocenters. The van der Waals surface area contributed by atoms with Gasteiger partial charge in [0.1, 0.15) is 5.82 Å². The molecule has 4 rings (SSSR count). The zero-order chi connectivity index (χ0) is 18.1. The lowest BCUT2D eigenvalue weighted by molar-refractivity contribution is -0.139. The maximum Gasteiger partial charge on any atom is 0.229 e. The second-order valence-corrected chi connectivity index (χ2v) is 7.96.